The monoisotopic (exact) mass is 1140 g/mol. The first-order valence-corrected chi connectivity index (χ1v) is 30.9. The summed E-state index contributed by atoms with van der Waals surface area (Å²) in [6.07, 6.45) is 13.7. The maximum atomic E-state index is 13.0. The van der Waals surface area contributed by atoms with Crippen molar-refractivity contribution >= 4 is 61.1 Å². The Labute approximate surface area is 478 Å². The molecule has 12 rings (SSSR count). The summed E-state index contributed by atoms with van der Waals surface area (Å²) in [7, 11) is 4.03. The smallest absolute Gasteiger partial charge is 0.409 e. The number of nitrogens with zero attached hydrogens (tertiary/aromatic N) is 6. The lowest BCUT2D eigenvalue weighted by Crippen LogP contribution is -2.58. The molecule has 5 amide bonds. The van der Waals surface area contributed by atoms with Gasteiger partial charge in [0.05, 0.1) is 112 Å². The van der Waals surface area contributed by atoms with E-state index in [0.717, 1.165) is 51.4 Å². The van der Waals surface area contributed by atoms with Gasteiger partial charge in [0, 0.05) is 12.1 Å². The summed E-state index contributed by atoms with van der Waals surface area (Å²) in [6, 6.07) is 21.8. The fraction of sp³-hybridized carbons (Fsp3) is 0.448. The van der Waals surface area contributed by atoms with Crippen LogP contribution in [0.5, 0.6) is 23.0 Å². The number of carbonyl (C=O) groups excluding carboxylic acids is 6. The van der Waals surface area contributed by atoms with Crippen molar-refractivity contribution in [2.45, 2.75) is 105 Å². The maximum absolute atomic E-state index is 13.0. The highest BCUT2D eigenvalue weighted by Crippen LogP contribution is 2.57. The number of likely N-dealkylation sites (tertiary alicyclic amines) is 2. The summed E-state index contributed by atoms with van der Waals surface area (Å²) in [4.78, 5) is 73.3. The molecule has 0 radical (unpaired) electrons. The Morgan fingerprint density at radius 1 is 0.537 bits per heavy atom. The van der Waals surface area contributed by atoms with Crippen molar-refractivity contribution in [3.63, 3.8) is 0 Å². The number of nitrogens with two attached hydrogens (primary N) is 3. The minimum absolute atomic E-state index is 0.0478. The lowest BCUT2D eigenvalue weighted by molar-refractivity contribution is -0.0834. The molecule has 2 saturated heterocycles. The minimum Gasteiger partial charge on any atom is -0.490 e. The van der Waals surface area contributed by atoms with Gasteiger partial charge in [0.15, 0.2) is 0 Å². The van der Waals surface area contributed by atoms with E-state index in [1.807, 2.05) is 18.2 Å². The molecule has 6 heterocycles. The molecule has 0 atom stereocenters. The maximum Gasteiger partial charge on any atom is 0.409 e. The molecule has 6 aliphatic rings. The second kappa shape index (κ2) is 25.0. The first-order valence-electron chi connectivity index (χ1n) is 27.5. The molecular formula is C58H71AlN10O13. The second-order valence-electron chi connectivity index (χ2n) is 22.7. The van der Waals surface area contributed by atoms with Gasteiger partial charge in [0.2, 0.25) is 0 Å². The number of hydrogen-bond acceptors (Lipinski definition) is 16. The molecule has 2 aliphatic heterocycles. The van der Waals surface area contributed by atoms with E-state index in [2.05, 4.69) is 37.6 Å². The molecule has 2 aromatic carbocycles. The third-order valence-corrected chi connectivity index (χ3v) is 15.4. The van der Waals surface area contributed by atoms with Gasteiger partial charge in [-0.1, -0.05) is 24.3 Å². The van der Waals surface area contributed by atoms with E-state index in [9.17, 15) is 28.8 Å². The third kappa shape index (κ3) is 13.5. The van der Waals surface area contributed by atoms with E-state index in [1.54, 1.807) is 92.0 Å². The van der Waals surface area contributed by atoms with Crippen LogP contribution in [-0.2, 0) is 14.2 Å². The van der Waals surface area contributed by atoms with Gasteiger partial charge in [0.1, 0.15) is 40.8 Å². The van der Waals surface area contributed by atoms with Crippen LogP contribution in [0.3, 0.4) is 0 Å². The Balaban J connectivity index is 0.000000156. The topological polar surface area (TPSA) is 298 Å². The molecule has 6 fully saturated rings. The number of esters is 1. The SMILES string of the molecule is COC(=O)N1CC(Oc2ccc3c(C(=O)NC4CC5(C4)CC(Oc4ccccc4C(N)=O)C5)cnn3c2)C1.COC(=O)c1cnn2cc(OC3CN(C(=O)OC)C3)ccc12.NC(=O)c1ccccc1OC1CC2(CC(N)C2)C1.[CH3][Al]([CH3])[CH3]. The highest BCUT2D eigenvalue weighted by molar-refractivity contribution is 6.54. The predicted octanol–water partition coefficient (Wildman–Crippen LogP) is 6.14. The fourth-order valence-electron chi connectivity index (χ4n) is 11.4. The molecule has 0 unspecified atom stereocenters. The van der Waals surface area contributed by atoms with Gasteiger partial charge in [-0.2, -0.15) is 10.2 Å². The van der Waals surface area contributed by atoms with Crippen molar-refractivity contribution in [2.24, 2.45) is 28.0 Å². The molecule has 23 nitrogen and oxygen atoms in total. The van der Waals surface area contributed by atoms with Gasteiger partial charge in [-0.3, -0.25) is 14.4 Å². The van der Waals surface area contributed by atoms with Crippen LogP contribution in [0.2, 0.25) is 17.4 Å². The van der Waals surface area contributed by atoms with Crippen molar-refractivity contribution in [1.82, 2.24) is 34.3 Å². The van der Waals surface area contributed by atoms with Crippen molar-refractivity contribution in [3.05, 3.63) is 120 Å². The molecule has 24 heteroatoms. The van der Waals surface area contributed by atoms with Crippen LogP contribution in [0.15, 0.2) is 97.6 Å². The number of aromatic nitrogens is 4. The van der Waals surface area contributed by atoms with E-state index in [-0.39, 0.29) is 68.1 Å². The summed E-state index contributed by atoms with van der Waals surface area (Å²) in [5.74, 6) is 7.76. The molecule has 2 spiro atoms. The fourth-order valence-corrected chi connectivity index (χ4v) is 11.4. The number of hydrogen-bond donors (Lipinski definition) is 4. The molecule has 7 N–H and O–H groups in total. The number of benzene rings is 2. The Hall–Kier alpha value is -8.07. The van der Waals surface area contributed by atoms with Crippen molar-refractivity contribution < 1.29 is 61.9 Å². The Morgan fingerprint density at radius 2 is 0.951 bits per heavy atom. The molecule has 0 bridgehead atoms. The summed E-state index contributed by atoms with van der Waals surface area (Å²) in [5, 5.41) is 11.6. The van der Waals surface area contributed by atoms with Crippen molar-refractivity contribution in [2.75, 3.05) is 47.5 Å². The Kier molecular flexibility index (Phi) is 17.8. The van der Waals surface area contributed by atoms with E-state index in [0.29, 0.717) is 93.9 Å². The zero-order chi connectivity index (χ0) is 58.5. The number of nitrogens with one attached hydrogen (secondary N) is 1. The number of fused-ring (bicyclic) bond motifs is 2. The number of methoxy groups -OCH3 is 3. The summed E-state index contributed by atoms with van der Waals surface area (Å²) >= 11 is -0.139. The normalized spacial score (nSPS) is 22.8. The van der Waals surface area contributed by atoms with E-state index in [1.165, 1.54) is 27.5 Å². The lowest BCUT2D eigenvalue weighted by atomic mass is 9.53. The van der Waals surface area contributed by atoms with Gasteiger partial charge in [-0.15, -0.1) is 17.4 Å². The van der Waals surface area contributed by atoms with Crippen molar-refractivity contribution in [3.8, 4) is 23.0 Å². The van der Waals surface area contributed by atoms with Gasteiger partial charge < -0.3 is 65.5 Å². The highest BCUT2D eigenvalue weighted by atomic mass is 27.2. The Bertz CT molecular complexity index is 3290. The quantitative estimate of drug-likeness (QED) is 0.0574. The first kappa shape index (κ1) is 58.6. The van der Waals surface area contributed by atoms with Gasteiger partial charge in [0.25, 0.3) is 31.9 Å². The number of amides is 5. The third-order valence-electron chi connectivity index (χ3n) is 15.4. The predicted molar refractivity (Wildman–Crippen MR) is 302 cm³/mol. The van der Waals surface area contributed by atoms with E-state index in [4.69, 9.17) is 45.6 Å². The lowest BCUT2D eigenvalue weighted by Gasteiger charge is -2.57. The molecule has 4 aromatic heterocycles. The standard InChI is InChI=1S/C27H29N5O6.C14H15N3O5.C14H18N2O2.3CH3.Al/c1-36-26(35)31-13-19(14-31)37-17-6-7-22-21(12-29-32(22)15-17)25(34)30-16-8-27(9-16)10-18(11-27)38-23-5-3-2-4-20(23)24(28)33;1-20-13(18)11-5-15-17-8-9(3-4-12(11)17)22-10-6-16(7-10)14(19)21-2;15-9-5-14(6-9)7-10(8-14)18-12-4-2-1-3-11(12)13(16)17;;;;/h2-7,12,15-16,18-19H,8-11,13-14H2,1H3,(H2,28,33)(H,30,34);3-5,8,10H,6-7H2,1-2H3;1-4,9-10H,5-8,15H2,(H2,16,17);3*1H3;. The van der Waals surface area contributed by atoms with Crippen LogP contribution in [0.25, 0.3) is 11.0 Å². The number of para-hydroxylation sites is 2. The molecule has 4 aliphatic carbocycles. The van der Waals surface area contributed by atoms with Gasteiger partial charge in [-0.05, 0) is 111 Å². The largest absolute Gasteiger partial charge is 0.490 e. The zero-order valence-corrected chi connectivity index (χ0v) is 48.1. The average molecular weight is 1140 g/mol. The van der Waals surface area contributed by atoms with Crippen LogP contribution in [0.1, 0.15) is 92.8 Å². The number of rotatable bonds is 13. The summed E-state index contributed by atoms with van der Waals surface area (Å²) in [6.45, 7) is 1.90. The summed E-state index contributed by atoms with van der Waals surface area (Å²) in [5.41, 5.74) is 20.3. The van der Waals surface area contributed by atoms with Crippen LogP contribution in [0.4, 0.5) is 9.59 Å². The summed E-state index contributed by atoms with van der Waals surface area (Å²) < 4.78 is 40.7. The highest BCUT2D eigenvalue weighted by Gasteiger charge is 2.55. The number of carbonyl (C=O) groups is 6. The molecular weight excluding hydrogens is 1070 g/mol. The molecule has 4 saturated carbocycles. The minimum atomic E-state index is -0.497. The van der Waals surface area contributed by atoms with Crippen LogP contribution in [0, 0.1) is 10.8 Å². The molecule has 82 heavy (non-hydrogen) atoms. The van der Waals surface area contributed by atoms with Gasteiger partial charge in [-0.25, -0.2) is 23.4 Å². The zero-order valence-electron chi connectivity index (χ0n) is 47.0. The van der Waals surface area contributed by atoms with Crippen molar-refractivity contribution in [1.29, 1.82) is 0 Å². The van der Waals surface area contributed by atoms with Crippen LogP contribution >= 0.6 is 0 Å². The number of primary amides is 2. The Morgan fingerprint density at radius 3 is 1.37 bits per heavy atom. The van der Waals surface area contributed by atoms with Gasteiger partial charge >= 0.3 is 18.2 Å². The molecule has 6 aromatic rings. The first-order chi connectivity index (χ1) is 39.2. The average Bonchev–Trinajstić information content (AvgIpc) is 3.36. The van der Waals surface area contributed by atoms with Crippen LogP contribution in [-0.4, -0.2) is 163 Å². The number of ether oxygens (including phenoxy) is 7. The molecule has 434 valence electrons. The van der Waals surface area contributed by atoms with E-state index >= 15 is 0 Å². The van der Waals surface area contributed by atoms with Crippen LogP contribution < -0.4 is 41.5 Å². The second-order valence-corrected chi connectivity index (χ2v) is 26.2. The van der Waals surface area contributed by atoms with E-state index < -0.39 is 17.8 Å². The number of pyridine rings is 2.